The zero-order valence-corrected chi connectivity index (χ0v) is 11.4. The summed E-state index contributed by atoms with van der Waals surface area (Å²) in [6.45, 7) is 1.67. The number of hydrogen-bond donors (Lipinski definition) is 1. The highest BCUT2D eigenvalue weighted by molar-refractivity contribution is 5.43. The number of hydrogen-bond acceptors (Lipinski definition) is 4. The molecule has 0 unspecified atom stereocenters. The quantitative estimate of drug-likeness (QED) is 0.699. The summed E-state index contributed by atoms with van der Waals surface area (Å²) in [5, 5.41) is 3.41. The molecule has 3 aromatic rings. The van der Waals surface area contributed by atoms with Gasteiger partial charge in [0.1, 0.15) is 11.4 Å². The summed E-state index contributed by atoms with van der Waals surface area (Å²) in [6, 6.07) is 5.85. The average Bonchev–Trinajstić information content (AvgIpc) is 3.13. The van der Waals surface area contributed by atoms with Crippen molar-refractivity contribution in [2.24, 2.45) is 0 Å². The Morgan fingerprint density at radius 3 is 3.10 bits per heavy atom. The van der Waals surface area contributed by atoms with E-state index in [0.717, 1.165) is 36.6 Å². The average molecular weight is 271 g/mol. The minimum atomic E-state index is 0.770. The van der Waals surface area contributed by atoms with Crippen LogP contribution in [0.4, 0.5) is 0 Å². The summed E-state index contributed by atoms with van der Waals surface area (Å²) in [5.41, 5.74) is 3.25. The van der Waals surface area contributed by atoms with Gasteiger partial charge in [0, 0.05) is 6.54 Å². The lowest BCUT2D eigenvalue weighted by atomic mass is 10.2. The van der Waals surface area contributed by atoms with Gasteiger partial charge >= 0.3 is 0 Å². The fraction of sp³-hybridized carbons (Fsp3) is 0.267. The SMILES string of the molecule is COc1ccc2ncc(CNCCc3ccoc3)n2c1. The van der Waals surface area contributed by atoms with Crippen molar-refractivity contribution in [1.29, 1.82) is 0 Å². The molecule has 3 heterocycles. The maximum Gasteiger partial charge on any atom is 0.137 e. The molecule has 0 radical (unpaired) electrons. The smallest absolute Gasteiger partial charge is 0.137 e. The van der Waals surface area contributed by atoms with E-state index in [1.165, 1.54) is 5.56 Å². The topological polar surface area (TPSA) is 51.7 Å². The van der Waals surface area contributed by atoms with Crippen LogP contribution in [-0.4, -0.2) is 23.0 Å². The first kappa shape index (κ1) is 12.7. The number of furan rings is 1. The van der Waals surface area contributed by atoms with E-state index in [0.29, 0.717) is 0 Å². The van der Waals surface area contributed by atoms with Crippen LogP contribution >= 0.6 is 0 Å². The molecule has 0 fully saturated rings. The molecule has 0 aromatic carbocycles. The van der Waals surface area contributed by atoms with E-state index in [2.05, 4.69) is 10.3 Å². The molecule has 20 heavy (non-hydrogen) atoms. The lowest BCUT2D eigenvalue weighted by Crippen LogP contribution is -2.17. The molecule has 0 bridgehead atoms. The summed E-state index contributed by atoms with van der Waals surface area (Å²) in [4.78, 5) is 4.38. The van der Waals surface area contributed by atoms with Crippen molar-refractivity contribution < 1.29 is 9.15 Å². The van der Waals surface area contributed by atoms with Gasteiger partial charge in [0.15, 0.2) is 0 Å². The fourth-order valence-electron chi connectivity index (χ4n) is 2.15. The Kier molecular flexibility index (Phi) is 3.69. The van der Waals surface area contributed by atoms with Gasteiger partial charge in [-0.1, -0.05) is 0 Å². The monoisotopic (exact) mass is 271 g/mol. The molecule has 3 aromatic heterocycles. The molecule has 3 rings (SSSR count). The first-order chi connectivity index (χ1) is 9.86. The van der Waals surface area contributed by atoms with Crippen LogP contribution in [0.2, 0.25) is 0 Å². The molecule has 5 nitrogen and oxygen atoms in total. The van der Waals surface area contributed by atoms with E-state index >= 15 is 0 Å². The van der Waals surface area contributed by atoms with Crippen molar-refractivity contribution in [2.45, 2.75) is 13.0 Å². The van der Waals surface area contributed by atoms with Crippen LogP contribution in [0.1, 0.15) is 11.3 Å². The van der Waals surface area contributed by atoms with Gasteiger partial charge in [-0.05, 0) is 36.7 Å². The number of nitrogens with zero attached hydrogens (tertiary/aromatic N) is 2. The van der Waals surface area contributed by atoms with Gasteiger partial charge in [0.2, 0.25) is 0 Å². The number of pyridine rings is 1. The van der Waals surface area contributed by atoms with Gasteiger partial charge in [-0.2, -0.15) is 0 Å². The summed E-state index contributed by atoms with van der Waals surface area (Å²) in [5.74, 6) is 0.829. The summed E-state index contributed by atoms with van der Waals surface area (Å²) in [7, 11) is 1.67. The minimum Gasteiger partial charge on any atom is -0.495 e. The van der Waals surface area contributed by atoms with Gasteiger partial charge in [0.05, 0.1) is 37.7 Å². The van der Waals surface area contributed by atoms with Gasteiger partial charge in [-0.25, -0.2) is 4.98 Å². The Balaban J connectivity index is 1.62. The van der Waals surface area contributed by atoms with E-state index in [1.54, 1.807) is 19.6 Å². The Morgan fingerprint density at radius 2 is 2.30 bits per heavy atom. The lowest BCUT2D eigenvalue weighted by Gasteiger charge is -2.05. The van der Waals surface area contributed by atoms with E-state index in [-0.39, 0.29) is 0 Å². The number of nitrogens with one attached hydrogen (secondary N) is 1. The number of fused-ring (bicyclic) bond motifs is 1. The molecular formula is C15H17N3O2. The van der Waals surface area contributed by atoms with Crippen molar-refractivity contribution in [2.75, 3.05) is 13.7 Å². The molecule has 1 N–H and O–H groups in total. The van der Waals surface area contributed by atoms with Crippen LogP contribution < -0.4 is 10.1 Å². The van der Waals surface area contributed by atoms with Crippen molar-refractivity contribution in [3.63, 3.8) is 0 Å². The van der Waals surface area contributed by atoms with E-state index < -0.39 is 0 Å². The molecule has 0 aliphatic rings. The maximum atomic E-state index is 5.24. The molecular weight excluding hydrogens is 254 g/mol. The fourth-order valence-corrected chi connectivity index (χ4v) is 2.15. The van der Waals surface area contributed by atoms with Crippen LogP contribution in [-0.2, 0) is 13.0 Å². The Bertz CT molecular complexity index is 674. The molecule has 104 valence electrons. The number of rotatable bonds is 6. The highest BCUT2D eigenvalue weighted by Gasteiger charge is 2.04. The van der Waals surface area contributed by atoms with Crippen molar-refractivity contribution in [3.8, 4) is 5.75 Å². The third kappa shape index (κ3) is 2.67. The predicted molar refractivity (Wildman–Crippen MR) is 75.9 cm³/mol. The third-order valence-electron chi connectivity index (χ3n) is 3.27. The number of imidazole rings is 1. The lowest BCUT2D eigenvalue weighted by molar-refractivity contribution is 0.412. The second kappa shape index (κ2) is 5.79. The first-order valence-electron chi connectivity index (χ1n) is 6.58. The summed E-state index contributed by atoms with van der Waals surface area (Å²) < 4.78 is 12.3. The zero-order valence-electron chi connectivity index (χ0n) is 11.4. The highest BCUT2D eigenvalue weighted by atomic mass is 16.5. The third-order valence-corrected chi connectivity index (χ3v) is 3.27. The van der Waals surface area contributed by atoms with E-state index in [9.17, 15) is 0 Å². The second-order valence-electron chi connectivity index (χ2n) is 4.61. The largest absolute Gasteiger partial charge is 0.495 e. The standard InChI is InChI=1S/C15H17N3O2/c1-19-14-2-3-15-17-9-13(18(15)10-14)8-16-6-4-12-5-7-20-11-12/h2-3,5,7,9-11,16H,4,6,8H2,1H3. The highest BCUT2D eigenvalue weighted by Crippen LogP contribution is 2.14. The van der Waals surface area contributed by atoms with E-state index in [1.807, 2.05) is 35.0 Å². The minimum absolute atomic E-state index is 0.770. The van der Waals surface area contributed by atoms with Crippen LogP contribution in [0.25, 0.3) is 5.65 Å². The van der Waals surface area contributed by atoms with Crippen molar-refractivity contribution in [3.05, 3.63) is 54.4 Å². The number of methoxy groups -OCH3 is 1. The molecule has 0 saturated carbocycles. The van der Waals surface area contributed by atoms with Gasteiger partial charge in [-0.15, -0.1) is 0 Å². The summed E-state index contributed by atoms with van der Waals surface area (Å²) in [6.07, 6.45) is 8.28. The molecule has 0 amide bonds. The Labute approximate surface area is 117 Å². The summed E-state index contributed by atoms with van der Waals surface area (Å²) >= 11 is 0. The maximum absolute atomic E-state index is 5.24. The molecule has 0 aliphatic heterocycles. The van der Waals surface area contributed by atoms with E-state index in [4.69, 9.17) is 9.15 Å². The molecule has 0 saturated heterocycles. The molecule has 0 spiro atoms. The van der Waals surface area contributed by atoms with Gasteiger partial charge in [0.25, 0.3) is 0 Å². The molecule has 0 aliphatic carbocycles. The zero-order chi connectivity index (χ0) is 13.8. The van der Waals surface area contributed by atoms with Crippen LogP contribution in [0.5, 0.6) is 5.75 Å². The molecule has 5 heteroatoms. The first-order valence-corrected chi connectivity index (χ1v) is 6.58. The second-order valence-corrected chi connectivity index (χ2v) is 4.61. The van der Waals surface area contributed by atoms with Crippen LogP contribution in [0.3, 0.4) is 0 Å². The van der Waals surface area contributed by atoms with Crippen molar-refractivity contribution >= 4 is 5.65 Å². The number of aromatic nitrogens is 2. The Morgan fingerprint density at radius 1 is 1.35 bits per heavy atom. The number of ether oxygens (including phenoxy) is 1. The Hall–Kier alpha value is -2.27. The van der Waals surface area contributed by atoms with Crippen LogP contribution in [0.15, 0.2) is 47.5 Å². The predicted octanol–water partition coefficient (Wildman–Crippen LogP) is 2.27. The molecule has 0 atom stereocenters. The van der Waals surface area contributed by atoms with Gasteiger partial charge < -0.3 is 14.5 Å². The van der Waals surface area contributed by atoms with Gasteiger partial charge in [-0.3, -0.25) is 4.40 Å². The van der Waals surface area contributed by atoms with Crippen LogP contribution in [0, 0.1) is 0 Å². The normalized spacial score (nSPS) is 11.1. The van der Waals surface area contributed by atoms with Crippen molar-refractivity contribution in [1.82, 2.24) is 14.7 Å².